The molecule has 1 fully saturated rings. The van der Waals surface area contributed by atoms with Crippen LogP contribution in [0.2, 0.25) is 5.02 Å². The van der Waals surface area contributed by atoms with Crippen LogP contribution in [0, 0.1) is 23.0 Å². The third kappa shape index (κ3) is 4.13. The van der Waals surface area contributed by atoms with E-state index in [1.54, 1.807) is 25.1 Å². The van der Waals surface area contributed by atoms with Crippen LogP contribution >= 0.6 is 11.6 Å². The molecule has 6 nitrogen and oxygen atoms in total. The van der Waals surface area contributed by atoms with Gasteiger partial charge in [0.25, 0.3) is 5.69 Å². The fraction of sp³-hybridized carbons (Fsp3) is 0.562. The molecule has 0 unspecified atom stereocenters. The van der Waals surface area contributed by atoms with Gasteiger partial charge in [-0.2, -0.15) is 0 Å². The van der Waals surface area contributed by atoms with E-state index in [1.807, 2.05) is 6.92 Å². The fourth-order valence-corrected chi connectivity index (χ4v) is 3.39. The van der Waals surface area contributed by atoms with Gasteiger partial charge in [0, 0.05) is 45.7 Å². The number of halogens is 1. The van der Waals surface area contributed by atoms with E-state index in [0.29, 0.717) is 17.4 Å². The number of carbonyl (C=O) groups is 1. The van der Waals surface area contributed by atoms with Gasteiger partial charge >= 0.3 is 0 Å². The van der Waals surface area contributed by atoms with Crippen molar-refractivity contribution in [3.05, 3.63) is 32.8 Å². The van der Waals surface area contributed by atoms with Crippen molar-refractivity contribution in [3.8, 4) is 0 Å². The maximum Gasteiger partial charge on any atom is 0.271 e. The Kier molecular flexibility index (Phi) is 5.46. The molecule has 0 saturated carbocycles. The molecular formula is C16H22ClN3O3. The molecule has 1 heterocycles. The first-order valence-corrected chi connectivity index (χ1v) is 8.07. The highest BCUT2D eigenvalue weighted by Gasteiger charge is 2.25. The van der Waals surface area contributed by atoms with Gasteiger partial charge in [0.05, 0.1) is 15.6 Å². The lowest BCUT2D eigenvalue weighted by Crippen LogP contribution is -2.36. The minimum absolute atomic E-state index is 0.0164. The highest BCUT2D eigenvalue weighted by molar-refractivity contribution is 6.33. The van der Waals surface area contributed by atoms with E-state index in [4.69, 9.17) is 11.6 Å². The second-order valence-corrected chi connectivity index (χ2v) is 6.68. The summed E-state index contributed by atoms with van der Waals surface area (Å²) in [6, 6.07) is 2.97. The highest BCUT2D eigenvalue weighted by atomic mass is 35.5. The molecule has 0 atom stereocenters. The number of rotatable bonds is 4. The first-order valence-electron chi connectivity index (χ1n) is 7.69. The number of piperidine rings is 1. The predicted molar refractivity (Wildman–Crippen MR) is 91.1 cm³/mol. The molecule has 1 saturated heterocycles. The standard InChI is InChI=1S/C16H22ClN3O3/c1-11-8-13(20(22)23)10-14(17)16(11)19-6-4-12(5-7-19)9-15(21)18(2)3/h8,10,12H,4-7,9H2,1-3H3. The number of hydrogen-bond acceptors (Lipinski definition) is 4. The van der Waals surface area contributed by atoms with E-state index in [0.717, 1.165) is 37.2 Å². The Hall–Kier alpha value is -1.82. The molecule has 23 heavy (non-hydrogen) atoms. The van der Waals surface area contributed by atoms with Gasteiger partial charge in [-0.1, -0.05) is 11.6 Å². The van der Waals surface area contributed by atoms with Gasteiger partial charge in [0.2, 0.25) is 5.91 Å². The summed E-state index contributed by atoms with van der Waals surface area (Å²) in [6.07, 6.45) is 2.42. The summed E-state index contributed by atoms with van der Waals surface area (Å²) < 4.78 is 0. The second kappa shape index (κ2) is 7.17. The molecule has 1 aliphatic rings. The van der Waals surface area contributed by atoms with Crippen LogP contribution < -0.4 is 4.90 Å². The van der Waals surface area contributed by atoms with Gasteiger partial charge in [-0.25, -0.2) is 0 Å². The molecule has 7 heteroatoms. The molecule has 0 N–H and O–H groups in total. The fourth-order valence-electron chi connectivity index (χ4n) is 3.01. The van der Waals surface area contributed by atoms with Gasteiger partial charge in [-0.15, -0.1) is 0 Å². The van der Waals surface area contributed by atoms with Gasteiger partial charge in [0.1, 0.15) is 0 Å². The van der Waals surface area contributed by atoms with Crippen molar-refractivity contribution in [1.29, 1.82) is 0 Å². The van der Waals surface area contributed by atoms with E-state index >= 15 is 0 Å². The number of nitro benzene ring substituents is 1. The number of nitrogens with zero attached hydrogens (tertiary/aromatic N) is 3. The van der Waals surface area contributed by atoms with Crippen molar-refractivity contribution < 1.29 is 9.72 Å². The lowest BCUT2D eigenvalue weighted by Gasteiger charge is -2.35. The molecule has 1 aromatic carbocycles. The molecule has 2 rings (SSSR count). The maximum atomic E-state index is 11.8. The van der Waals surface area contributed by atoms with Crippen LogP contribution in [0.5, 0.6) is 0 Å². The molecule has 1 aliphatic heterocycles. The number of non-ortho nitro benzene ring substituents is 1. The maximum absolute atomic E-state index is 11.8. The number of nitro groups is 1. The van der Waals surface area contributed by atoms with Crippen molar-refractivity contribution in [2.45, 2.75) is 26.2 Å². The minimum atomic E-state index is -0.429. The number of amides is 1. The average molecular weight is 340 g/mol. The van der Waals surface area contributed by atoms with Gasteiger partial charge in [0.15, 0.2) is 0 Å². The Morgan fingerprint density at radius 2 is 2.00 bits per heavy atom. The number of benzene rings is 1. The van der Waals surface area contributed by atoms with Gasteiger partial charge in [-0.05, 0) is 31.2 Å². The van der Waals surface area contributed by atoms with Crippen molar-refractivity contribution in [1.82, 2.24) is 4.90 Å². The molecule has 0 radical (unpaired) electrons. The largest absolute Gasteiger partial charge is 0.370 e. The highest BCUT2D eigenvalue weighted by Crippen LogP contribution is 2.36. The quantitative estimate of drug-likeness (QED) is 0.624. The zero-order chi connectivity index (χ0) is 17.1. The SMILES string of the molecule is Cc1cc([N+](=O)[O-])cc(Cl)c1N1CCC(CC(=O)N(C)C)CC1. The number of anilines is 1. The van der Waals surface area contributed by atoms with Crippen LogP contribution in [0.3, 0.4) is 0 Å². The summed E-state index contributed by atoms with van der Waals surface area (Å²) in [5.74, 6) is 0.547. The minimum Gasteiger partial charge on any atom is -0.370 e. The lowest BCUT2D eigenvalue weighted by molar-refractivity contribution is -0.384. The zero-order valence-electron chi connectivity index (χ0n) is 13.7. The topological polar surface area (TPSA) is 66.7 Å². The van der Waals surface area contributed by atoms with Crippen LogP contribution in [0.25, 0.3) is 0 Å². The van der Waals surface area contributed by atoms with Crippen LogP contribution in [0.1, 0.15) is 24.8 Å². The van der Waals surface area contributed by atoms with Gasteiger partial charge < -0.3 is 9.80 Å². The number of aryl methyl sites for hydroxylation is 1. The smallest absolute Gasteiger partial charge is 0.271 e. The monoisotopic (exact) mass is 339 g/mol. The van der Waals surface area contributed by atoms with E-state index < -0.39 is 4.92 Å². The second-order valence-electron chi connectivity index (χ2n) is 6.27. The van der Waals surface area contributed by atoms with Gasteiger partial charge in [-0.3, -0.25) is 14.9 Å². The van der Waals surface area contributed by atoms with Crippen molar-refractivity contribution >= 4 is 28.9 Å². The summed E-state index contributed by atoms with van der Waals surface area (Å²) in [4.78, 5) is 26.1. The normalized spacial score (nSPS) is 15.6. The molecule has 0 spiro atoms. The van der Waals surface area contributed by atoms with E-state index in [1.165, 1.54) is 6.07 Å². The first kappa shape index (κ1) is 17.5. The summed E-state index contributed by atoms with van der Waals surface area (Å²) >= 11 is 6.27. The van der Waals surface area contributed by atoms with E-state index in [2.05, 4.69) is 4.90 Å². The molecule has 1 amide bonds. The predicted octanol–water partition coefficient (Wildman–Crippen LogP) is 3.25. The number of hydrogen-bond donors (Lipinski definition) is 0. The third-order valence-corrected chi connectivity index (χ3v) is 4.63. The lowest BCUT2D eigenvalue weighted by atomic mass is 9.92. The van der Waals surface area contributed by atoms with E-state index in [-0.39, 0.29) is 11.6 Å². The zero-order valence-corrected chi connectivity index (χ0v) is 14.5. The Labute approximate surface area is 141 Å². The Morgan fingerprint density at radius 3 is 2.48 bits per heavy atom. The third-order valence-electron chi connectivity index (χ3n) is 4.34. The molecule has 126 valence electrons. The van der Waals surface area contributed by atoms with Crippen LogP contribution in [0.4, 0.5) is 11.4 Å². The van der Waals surface area contributed by atoms with Crippen molar-refractivity contribution in [2.24, 2.45) is 5.92 Å². The average Bonchev–Trinajstić information content (AvgIpc) is 2.47. The first-order chi connectivity index (χ1) is 10.8. The summed E-state index contributed by atoms with van der Waals surface area (Å²) in [5, 5.41) is 11.3. The Bertz CT molecular complexity index is 588. The Morgan fingerprint density at radius 1 is 1.39 bits per heavy atom. The molecular weight excluding hydrogens is 318 g/mol. The van der Waals surface area contributed by atoms with Crippen molar-refractivity contribution in [2.75, 3.05) is 32.1 Å². The number of carbonyl (C=O) groups excluding carboxylic acids is 1. The van der Waals surface area contributed by atoms with Crippen LogP contribution in [-0.2, 0) is 4.79 Å². The molecule has 0 aliphatic carbocycles. The van der Waals surface area contributed by atoms with E-state index in [9.17, 15) is 14.9 Å². The summed E-state index contributed by atoms with van der Waals surface area (Å²) in [7, 11) is 3.55. The summed E-state index contributed by atoms with van der Waals surface area (Å²) in [6.45, 7) is 3.46. The molecule has 1 aromatic rings. The van der Waals surface area contributed by atoms with Crippen molar-refractivity contribution in [3.63, 3.8) is 0 Å². The summed E-state index contributed by atoms with van der Waals surface area (Å²) in [5.41, 5.74) is 1.70. The molecule has 0 aromatic heterocycles. The Balaban J connectivity index is 2.06. The molecule has 0 bridgehead atoms. The van der Waals surface area contributed by atoms with Crippen LogP contribution in [0.15, 0.2) is 12.1 Å². The van der Waals surface area contributed by atoms with Crippen LogP contribution in [-0.4, -0.2) is 42.9 Å².